The van der Waals surface area contributed by atoms with E-state index in [1.54, 1.807) is 19.0 Å². The van der Waals surface area contributed by atoms with E-state index in [2.05, 4.69) is 5.32 Å². The van der Waals surface area contributed by atoms with E-state index < -0.39 is 0 Å². The Bertz CT molecular complexity index is 459. The molecule has 3 amide bonds. The number of anilines is 1. The van der Waals surface area contributed by atoms with Gasteiger partial charge in [0.05, 0.1) is 0 Å². The lowest BCUT2D eigenvalue weighted by Gasteiger charge is -2.17. The van der Waals surface area contributed by atoms with E-state index in [0.29, 0.717) is 19.5 Å². The van der Waals surface area contributed by atoms with Crippen molar-refractivity contribution in [1.82, 2.24) is 10.2 Å². The fraction of sp³-hybridized carbons (Fsp3) is 0.429. The summed E-state index contributed by atoms with van der Waals surface area (Å²) in [7, 11) is 3.40. The number of amides is 3. The molecule has 1 aliphatic rings. The van der Waals surface area contributed by atoms with Gasteiger partial charge in [-0.25, -0.2) is 4.79 Å². The van der Waals surface area contributed by atoms with Crippen LogP contribution in [0.25, 0.3) is 0 Å². The highest BCUT2D eigenvalue weighted by Gasteiger charge is 2.30. The minimum atomic E-state index is -0.120. The molecule has 102 valence electrons. The molecule has 5 heteroatoms. The molecule has 0 spiro atoms. The Balaban J connectivity index is 1.91. The van der Waals surface area contributed by atoms with Gasteiger partial charge in [0.1, 0.15) is 0 Å². The molecule has 0 bridgehead atoms. The first kappa shape index (κ1) is 13.4. The van der Waals surface area contributed by atoms with Crippen molar-refractivity contribution < 1.29 is 9.59 Å². The molecular weight excluding hydrogens is 242 g/mol. The third-order valence-corrected chi connectivity index (χ3v) is 3.22. The van der Waals surface area contributed by atoms with Crippen LogP contribution < -0.4 is 10.2 Å². The first-order valence-corrected chi connectivity index (χ1v) is 6.38. The average molecular weight is 261 g/mol. The predicted molar refractivity (Wildman–Crippen MR) is 74.0 cm³/mol. The van der Waals surface area contributed by atoms with Crippen LogP contribution in [0.5, 0.6) is 0 Å². The fourth-order valence-electron chi connectivity index (χ4n) is 2.17. The van der Waals surface area contributed by atoms with Gasteiger partial charge in [0.25, 0.3) is 0 Å². The summed E-state index contributed by atoms with van der Waals surface area (Å²) in [4.78, 5) is 26.7. The van der Waals surface area contributed by atoms with Crippen LogP contribution in [-0.4, -0.2) is 44.0 Å². The van der Waals surface area contributed by atoms with Gasteiger partial charge < -0.3 is 15.1 Å². The van der Waals surface area contributed by atoms with E-state index >= 15 is 0 Å². The van der Waals surface area contributed by atoms with Crippen LogP contribution >= 0.6 is 0 Å². The molecule has 1 unspecified atom stereocenters. The lowest BCUT2D eigenvalue weighted by Crippen LogP contribution is -2.38. The maximum absolute atomic E-state index is 12.0. The fourth-order valence-corrected chi connectivity index (χ4v) is 2.17. The molecule has 1 fully saturated rings. The third-order valence-electron chi connectivity index (χ3n) is 3.22. The van der Waals surface area contributed by atoms with Gasteiger partial charge in [-0.1, -0.05) is 18.2 Å². The van der Waals surface area contributed by atoms with E-state index in [4.69, 9.17) is 0 Å². The standard InChI is InChI=1S/C14H19N3O2/c1-16(2)14(19)15-9-11-8-13(18)17(10-11)12-6-4-3-5-7-12/h3-7,11H,8-10H2,1-2H3,(H,15,19). The molecule has 2 rings (SSSR count). The number of rotatable bonds is 3. The first-order chi connectivity index (χ1) is 9.08. The number of carbonyl (C=O) groups excluding carboxylic acids is 2. The second-order valence-electron chi connectivity index (χ2n) is 4.99. The van der Waals surface area contributed by atoms with Gasteiger partial charge in [0, 0.05) is 45.2 Å². The molecule has 1 atom stereocenters. The zero-order valence-electron chi connectivity index (χ0n) is 11.3. The Morgan fingerprint density at radius 2 is 2.05 bits per heavy atom. The highest BCUT2D eigenvalue weighted by molar-refractivity contribution is 5.95. The number of para-hydroxylation sites is 1. The Kier molecular flexibility index (Phi) is 4.04. The third kappa shape index (κ3) is 3.24. The van der Waals surface area contributed by atoms with Crippen molar-refractivity contribution in [2.45, 2.75) is 6.42 Å². The van der Waals surface area contributed by atoms with Gasteiger partial charge in [-0.3, -0.25) is 4.79 Å². The smallest absolute Gasteiger partial charge is 0.316 e. The van der Waals surface area contributed by atoms with Crippen molar-refractivity contribution in [3.05, 3.63) is 30.3 Å². The topological polar surface area (TPSA) is 52.7 Å². The maximum Gasteiger partial charge on any atom is 0.316 e. The number of urea groups is 1. The summed E-state index contributed by atoms with van der Waals surface area (Å²) < 4.78 is 0. The van der Waals surface area contributed by atoms with Crippen LogP contribution in [-0.2, 0) is 4.79 Å². The Labute approximate surface area is 113 Å². The molecule has 0 radical (unpaired) electrons. The molecule has 19 heavy (non-hydrogen) atoms. The quantitative estimate of drug-likeness (QED) is 0.892. The van der Waals surface area contributed by atoms with Crippen LogP contribution in [0.3, 0.4) is 0 Å². The SMILES string of the molecule is CN(C)C(=O)NCC1CC(=O)N(c2ccccc2)C1. The van der Waals surface area contributed by atoms with Crippen molar-refractivity contribution in [1.29, 1.82) is 0 Å². The van der Waals surface area contributed by atoms with Crippen molar-refractivity contribution in [2.75, 3.05) is 32.1 Å². The highest BCUT2D eigenvalue weighted by Crippen LogP contribution is 2.24. The Hall–Kier alpha value is -2.04. The molecule has 5 nitrogen and oxygen atoms in total. The summed E-state index contributed by atoms with van der Waals surface area (Å²) >= 11 is 0. The Morgan fingerprint density at radius 1 is 1.37 bits per heavy atom. The zero-order valence-corrected chi connectivity index (χ0v) is 11.3. The van der Waals surface area contributed by atoms with E-state index in [9.17, 15) is 9.59 Å². The summed E-state index contributed by atoms with van der Waals surface area (Å²) in [5.74, 6) is 0.298. The average Bonchev–Trinajstić information content (AvgIpc) is 2.78. The minimum absolute atomic E-state index is 0.120. The van der Waals surface area contributed by atoms with Crippen LogP contribution in [0.4, 0.5) is 10.5 Å². The summed E-state index contributed by atoms with van der Waals surface area (Å²) in [6, 6.07) is 9.51. The zero-order chi connectivity index (χ0) is 13.8. The second-order valence-corrected chi connectivity index (χ2v) is 4.99. The minimum Gasteiger partial charge on any atom is -0.338 e. The molecular formula is C14H19N3O2. The number of nitrogens with zero attached hydrogens (tertiary/aromatic N) is 2. The van der Waals surface area contributed by atoms with Gasteiger partial charge in [-0.15, -0.1) is 0 Å². The maximum atomic E-state index is 12.0. The first-order valence-electron chi connectivity index (χ1n) is 6.38. The number of carbonyl (C=O) groups is 2. The lowest BCUT2D eigenvalue weighted by molar-refractivity contribution is -0.117. The van der Waals surface area contributed by atoms with Crippen LogP contribution in [0, 0.1) is 5.92 Å². The van der Waals surface area contributed by atoms with Crippen molar-refractivity contribution >= 4 is 17.6 Å². The number of nitrogens with one attached hydrogen (secondary N) is 1. The monoisotopic (exact) mass is 261 g/mol. The molecule has 0 aliphatic carbocycles. The van der Waals surface area contributed by atoms with Gasteiger partial charge in [0.15, 0.2) is 0 Å². The molecule has 0 aromatic heterocycles. The highest BCUT2D eigenvalue weighted by atomic mass is 16.2. The van der Waals surface area contributed by atoms with Gasteiger partial charge in [-0.05, 0) is 12.1 Å². The summed E-state index contributed by atoms with van der Waals surface area (Å²) in [5.41, 5.74) is 0.925. The molecule has 1 saturated heterocycles. The normalized spacial score (nSPS) is 18.5. The number of hydrogen-bond acceptors (Lipinski definition) is 2. The summed E-state index contributed by atoms with van der Waals surface area (Å²) in [6.45, 7) is 1.20. The summed E-state index contributed by atoms with van der Waals surface area (Å²) in [6.07, 6.45) is 0.489. The van der Waals surface area contributed by atoms with Crippen molar-refractivity contribution in [2.24, 2.45) is 5.92 Å². The molecule has 1 aromatic carbocycles. The van der Waals surface area contributed by atoms with E-state index in [-0.39, 0.29) is 17.9 Å². The van der Waals surface area contributed by atoms with Crippen molar-refractivity contribution in [3.63, 3.8) is 0 Å². The van der Waals surface area contributed by atoms with Crippen LogP contribution in [0.1, 0.15) is 6.42 Å². The van der Waals surface area contributed by atoms with Gasteiger partial charge in [0.2, 0.25) is 5.91 Å². The molecule has 1 aromatic rings. The molecule has 1 aliphatic heterocycles. The predicted octanol–water partition coefficient (Wildman–Crippen LogP) is 1.31. The lowest BCUT2D eigenvalue weighted by atomic mass is 10.1. The van der Waals surface area contributed by atoms with Crippen LogP contribution in [0.2, 0.25) is 0 Å². The largest absolute Gasteiger partial charge is 0.338 e. The molecule has 1 heterocycles. The van der Waals surface area contributed by atoms with Gasteiger partial charge in [-0.2, -0.15) is 0 Å². The number of benzene rings is 1. The number of hydrogen-bond donors (Lipinski definition) is 1. The van der Waals surface area contributed by atoms with Crippen molar-refractivity contribution in [3.8, 4) is 0 Å². The van der Waals surface area contributed by atoms with Gasteiger partial charge >= 0.3 is 6.03 Å². The Morgan fingerprint density at radius 3 is 2.68 bits per heavy atom. The second kappa shape index (κ2) is 5.73. The summed E-state index contributed by atoms with van der Waals surface area (Å²) in [5, 5.41) is 2.82. The van der Waals surface area contributed by atoms with E-state index in [1.807, 2.05) is 30.3 Å². The molecule has 1 N–H and O–H groups in total. The van der Waals surface area contributed by atoms with E-state index in [0.717, 1.165) is 5.69 Å². The molecule has 0 saturated carbocycles. The van der Waals surface area contributed by atoms with E-state index in [1.165, 1.54) is 4.90 Å². The van der Waals surface area contributed by atoms with Crippen LogP contribution in [0.15, 0.2) is 30.3 Å².